The minimum absolute atomic E-state index is 0.197. The van der Waals surface area contributed by atoms with Gasteiger partial charge in [-0.05, 0) is 6.42 Å². The molecule has 0 bridgehead atoms. The molecule has 1 aliphatic carbocycles. The van der Waals surface area contributed by atoms with E-state index >= 15 is 0 Å². The number of alkyl halides is 2. The number of nitrogens with one attached hydrogen (secondary N) is 1. The van der Waals surface area contributed by atoms with Gasteiger partial charge in [0.05, 0.1) is 5.60 Å². The van der Waals surface area contributed by atoms with E-state index in [1.165, 1.54) is 6.92 Å². The number of carbonyl (C=O) groups is 1. The number of carbonyl (C=O) groups excluding carboxylic acids is 1. The van der Waals surface area contributed by atoms with Crippen molar-refractivity contribution in [3.63, 3.8) is 0 Å². The summed E-state index contributed by atoms with van der Waals surface area (Å²) in [5, 5.41) is 11.9. The lowest BCUT2D eigenvalue weighted by Gasteiger charge is -2.43. The second-order valence-corrected chi connectivity index (χ2v) is 3.67. The van der Waals surface area contributed by atoms with Crippen LogP contribution in [0, 0.1) is 0 Å². The maximum Gasteiger partial charge on any atom is 0.253 e. The molecule has 1 rings (SSSR count). The van der Waals surface area contributed by atoms with Gasteiger partial charge in [0.2, 0.25) is 5.91 Å². The smallest absolute Gasteiger partial charge is 0.253 e. The van der Waals surface area contributed by atoms with Gasteiger partial charge in [0.25, 0.3) is 5.92 Å². The van der Waals surface area contributed by atoms with Crippen LogP contribution in [0.15, 0.2) is 0 Å². The summed E-state index contributed by atoms with van der Waals surface area (Å²) in [6.07, 6.45) is -0.776. The van der Waals surface area contributed by atoms with Gasteiger partial charge < -0.3 is 10.4 Å². The topological polar surface area (TPSA) is 49.3 Å². The summed E-state index contributed by atoms with van der Waals surface area (Å²) in [5.74, 6) is -2.93. The van der Waals surface area contributed by atoms with Gasteiger partial charge in [-0.25, -0.2) is 8.78 Å². The molecule has 13 heavy (non-hydrogen) atoms. The van der Waals surface area contributed by atoms with Crippen molar-refractivity contribution in [2.75, 3.05) is 6.54 Å². The summed E-state index contributed by atoms with van der Waals surface area (Å²) in [4.78, 5) is 10.4. The van der Waals surface area contributed by atoms with E-state index < -0.39 is 24.4 Å². The van der Waals surface area contributed by atoms with Crippen molar-refractivity contribution in [2.45, 2.75) is 37.7 Å². The average molecular weight is 193 g/mol. The van der Waals surface area contributed by atoms with Crippen LogP contribution in [0.3, 0.4) is 0 Å². The molecule has 76 valence electrons. The highest BCUT2D eigenvalue weighted by molar-refractivity contribution is 5.72. The highest BCUT2D eigenvalue weighted by Crippen LogP contribution is 2.47. The maximum atomic E-state index is 12.4. The summed E-state index contributed by atoms with van der Waals surface area (Å²) >= 11 is 0. The molecule has 1 aliphatic rings. The van der Waals surface area contributed by atoms with Crippen molar-refractivity contribution in [2.24, 2.45) is 0 Å². The van der Waals surface area contributed by atoms with Crippen LogP contribution in [0.25, 0.3) is 0 Å². The van der Waals surface area contributed by atoms with Crippen molar-refractivity contribution in [1.29, 1.82) is 0 Å². The van der Waals surface area contributed by atoms with E-state index in [0.29, 0.717) is 0 Å². The van der Waals surface area contributed by atoms with E-state index in [2.05, 4.69) is 5.32 Å². The molecule has 5 heteroatoms. The lowest BCUT2D eigenvalue weighted by atomic mass is 9.74. The molecule has 0 aliphatic heterocycles. The van der Waals surface area contributed by atoms with Crippen molar-refractivity contribution in [3.05, 3.63) is 0 Å². The molecule has 0 radical (unpaired) electrons. The van der Waals surface area contributed by atoms with Crippen LogP contribution in [0.5, 0.6) is 0 Å². The van der Waals surface area contributed by atoms with Crippen LogP contribution < -0.4 is 5.32 Å². The molecule has 0 aromatic rings. The van der Waals surface area contributed by atoms with Crippen molar-refractivity contribution in [1.82, 2.24) is 5.32 Å². The molecular weight excluding hydrogens is 180 g/mol. The minimum Gasteiger partial charge on any atom is -0.389 e. The molecule has 3 nitrogen and oxygen atoms in total. The van der Waals surface area contributed by atoms with E-state index in [-0.39, 0.29) is 18.9 Å². The quantitative estimate of drug-likeness (QED) is 0.692. The van der Waals surface area contributed by atoms with Crippen LogP contribution in [-0.4, -0.2) is 29.1 Å². The Balaban J connectivity index is 2.20. The lowest BCUT2D eigenvalue weighted by Crippen LogP contribution is -2.53. The molecule has 0 unspecified atom stereocenters. The second-order valence-electron chi connectivity index (χ2n) is 3.67. The van der Waals surface area contributed by atoms with E-state index in [9.17, 15) is 18.7 Å². The molecule has 1 saturated carbocycles. The Kier molecular flexibility index (Phi) is 2.56. The Bertz CT molecular complexity index is 210. The summed E-state index contributed by atoms with van der Waals surface area (Å²) in [6, 6.07) is 0. The van der Waals surface area contributed by atoms with Crippen molar-refractivity contribution >= 4 is 5.91 Å². The van der Waals surface area contributed by atoms with Gasteiger partial charge >= 0.3 is 0 Å². The van der Waals surface area contributed by atoms with E-state index in [0.717, 1.165) is 0 Å². The van der Waals surface area contributed by atoms with Crippen molar-refractivity contribution < 1.29 is 18.7 Å². The molecule has 0 aromatic carbocycles. The van der Waals surface area contributed by atoms with Crippen LogP contribution in [-0.2, 0) is 4.79 Å². The Labute approximate surface area is 75.1 Å². The average Bonchev–Trinajstić information content (AvgIpc) is 1.80. The molecule has 0 spiro atoms. The summed E-state index contributed by atoms with van der Waals surface area (Å²) in [6.45, 7) is 1.60. The normalized spacial score (nSPS) is 23.4. The van der Waals surface area contributed by atoms with E-state index in [4.69, 9.17) is 0 Å². The third-order valence-electron chi connectivity index (χ3n) is 2.14. The number of halogens is 2. The van der Waals surface area contributed by atoms with Gasteiger partial charge in [-0.15, -0.1) is 0 Å². The Hall–Kier alpha value is -0.710. The standard InChI is InChI=1S/C8H13F2NO2/c1-6(12)11-3-2-7(13)4-8(9,10)5-7/h13H,2-5H2,1H3,(H,11,12). The maximum absolute atomic E-state index is 12.4. The van der Waals surface area contributed by atoms with Gasteiger partial charge in [-0.2, -0.15) is 0 Å². The molecule has 1 fully saturated rings. The van der Waals surface area contributed by atoms with E-state index in [1.54, 1.807) is 0 Å². The molecule has 0 atom stereocenters. The zero-order valence-electron chi connectivity index (χ0n) is 7.44. The first-order valence-electron chi connectivity index (χ1n) is 4.18. The highest BCUT2D eigenvalue weighted by atomic mass is 19.3. The number of amides is 1. The Morgan fingerprint density at radius 2 is 2.08 bits per heavy atom. The molecule has 0 aromatic heterocycles. The zero-order valence-corrected chi connectivity index (χ0v) is 7.44. The first-order valence-corrected chi connectivity index (χ1v) is 4.18. The van der Waals surface area contributed by atoms with Gasteiger partial charge in [-0.1, -0.05) is 0 Å². The van der Waals surface area contributed by atoms with Crippen LogP contribution in [0.4, 0.5) is 8.78 Å². The SMILES string of the molecule is CC(=O)NCCC1(O)CC(F)(F)C1. The van der Waals surface area contributed by atoms with Crippen molar-refractivity contribution in [3.8, 4) is 0 Å². The number of hydrogen-bond donors (Lipinski definition) is 2. The Morgan fingerprint density at radius 1 is 1.54 bits per heavy atom. The second kappa shape index (κ2) is 3.21. The molecule has 1 amide bonds. The zero-order chi connectivity index (χ0) is 10.1. The summed E-state index contributed by atoms with van der Waals surface area (Å²) in [7, 11) is 0. The largest absolute Gasteiger partial charge is 0.389 e. The molecule has 0 heterocycles. The first-order chi connectivity index (χ1) is 5.83. The van der Waals surface area contributed by atoms with Gasteiger partial charge in [0.15, 0.2) is 0 Å². The van der Waals surface area contributed by atoms with E-state index in [1.807, 2.05) is 0 Å². The molecule has 2 N–H and O–H groups in total. The summed E-state index contributed by atoms with van der Waals surface area (Å²) < 4.78 is 24.7. The molecule has 0 saturated heterocycles. The third-order valence-corrected chi connectivity index (χ3v) is 2.14. The van der Waals surface area contributed by atoms with Gasteiger partial charge in [0.1, 0.15) is 0 Å². The van der Waals surface area contributed by atoms with Crippen LogP contribution in [0.1, 0.15) is 26.2 Å². The van der Waals surface area contributed by atoms with Gasteiger partial charge in [0, 0.05) is 26.3 Å². The first kappa shape index (κ1) is 10.4. The third kappa shape index (κ3) is 2.91. The van der Waals surface area contributed by atoms with Gasteiger partial charge in [-0.3, -0.25) is 4.79 Å². The fraction of sp³-hybridized carbons (Fsp3) is 0.875. The fourth-order valence-corrected chi connectivity index (χ4v) is 1.56. The number of hydrogen-bond acceptors (Lipinski definition) is 2. The fourth-order valence-electron chi connectivity index (χ4n) is 1.56. The van der Waals surface area contributed by atoms with Crippen LogP contribution >= 0.6 is 0 Å². The lowest BCUT2D eigenvalue weighted by molar-refractivity contribution is -0.206. The number of aliphatic hydroxyl groups is 1. The molecular formula is C8H13F2NO2. The number of rotatable bonds is 3. The minimum atomic E-state index is -2.72. The summed E-state index contributed by atoms with van der Waals surface area (Å²) in [5.41, 5.74) is -1.27. The monoisotopic (exact) mass is 193 g/mol. The predicted octanol–water partition coefficient (Wildman–Crippen LogP) is 0.673. The van der Waals surface area contributed by atoms with Crippen LogP contribution in [0.2, 0.25) is 0 Å². The highest BCUT2D eigenvalue weighted by Gasteiger charge is 2.55. The Morgan fingerprint density at radius 3 is 2.46 bits per heavy atom. The predicted molar refractivity (Wildman–Crippen MR) is 42.4 cm³/mol.